The predicted octanol–water partition coefficient (Wildman–Crippen LogP) is 0.405. The maximum absolute atomic E-state index is 12.6. The van der Waals surface area contributed by atoms with Crippen molar-refractivity contribution >= 4 is 10.0 Å². The van der Waals surface area contributed by atoms with Crippen LogP contribution in [0.25, 0.3) is 0 Å². The van der Waals surface area contributed by atoms with Crippen LogP contribution in [-0.2, 0) is 16.6 Å². The van der Waals surface area contributed by atoms with Crippen LogP contribution in [0.5, 0.6) is 0 Å². The van der Waals surface area contributed by atoms with Crippen LogP contribution in [0.1, 0.15) is 25.7 Å². The number of hydrogen-bond acceptors (Lipinski definition) is 4. The van der Waals surface area contributed by atoms with Crippen LogP contribution in [0.4, 0.5) is 0 Å². The summed E-state index contributed by atoms with van der Waals surface area (Å²) in [4.78, 5) is 0.300. The van der Waals surface area contributed by atoms with Crippen molar-refractivity contribution in [1.29, 1.82) is 0 Å². The van der Waals surface area contributed by atoms with Crippen molar-refractivity contribution in [2.24, 2.45) is 11.7 Å². The second-order valence-corrected chi connectivity index (χ2v) is 7.37. The van der Waals surface area contributed by atoms with E-state index < -0.39 is 10.0 Å². The average molecular weight is 284 g/mol. The van der Waals surface area contributed by atoms with Crippen molar-refractivity contribution in [1.82, 2.24) is 14.1 Å². The summed E-state index contributed by atoms with van der Waals surface area (Å²) in [6, 6.07) is 0.212. The number of sulfonamides is 1. The molecule has 0 spiro atoms. The maximum Gasteiger partial charge on any atom is 0.246 e. The van der Waals surface area contributed by atoms with Crippen molar-refractivity contribution in [2.75, 3.05) is 13.1 Å². The lowest BCUT2D eigenvalue weighted by Gasteiger charge is -2.20. The second-order valence-electron chi connectivity index (χ2n) is 5.48. The van der Waals surface area contributed by atoms with Gasteiger partial charge in [0.25, 0.3) is 0 Å². The molecule has 1 aromatic heterocycles. The summed E-state index contributed by atoms with van der Waals surface area (Å²) in [6.45, 7) is 1.67. The van der Waals surface area contributed by atoms with Crippen LogP contribution in [0, 0.1) is 5.92 Å². The molecule has 0 radical (unpaired) electrons. The Balaban J connectivity index is 1.81. The molecular weight excluding hydrogens is 264 g/mol. The van der Waals surface area contributed by atoms with Gasteiger partial charge in [0.05, 0.1) is 12.7 Å². The lowest BCUT2D eigenvalue weighted by molar-refractivity contribution is 0.388. The Morgan fingerprint density at radius 2 is 2.11 bits per heavy atom. The Kier molecular flexibility index (Phi) is 3.36. The molecule has 1 aromatic rings. The van der Waals surface area contributed by atoms with Gasteiger partial charge in [-0.15, -0.1) is 0 Å². The number of nitrogens with zero attached hydrogens (tertiary/aromatic N) is 3. The van der Waals surface area contributed by atoms with Crippen molar-refractivity contribution in [3.8, 4) is 0 Å². The molecule has 3 rings (SSSR count). The minimum atomic E-state index is -3.38. The molecule has 2 saturated carbocycles. The van der Waals surface area contributed by atoms with Crippen molar-refractivity contribution in [3.63, 3.8) is 0 Å². The number of aromatic nitrogens is 2. The highest BCUT2D eigenvalue weighted by atomic mass is 32.2. The molecule has 1 heterocycles. The normalized spacial score (nSPS) is 20.1. The molecular formula is C12H20N4O2S. The Morgan fingerprint density at radius 3 is 2.68 bits per heavy atom. The molecule has 7 heteroatoms. The summed E-state index contributed by atoms with van der Waals surface area (Å²) in [7, 11) is -3.38. The zero-order valence-electron chi connectivity index (χ0n) is 10.9. The summed E-state index contributed by atoms with van der Waals surface area (Å²) in [5.41, 5.74) is 5.45. The van der Waals surface area contributed by atoms with Crippen LogP contribution in [-0.4, -0.2) is 41.6 Å². The van der Waals surface area contributed by atoms with Crippen LogP contribution < -0.4 is 5.73 Å². The highest BCUT2D eigenvalue weighted by molar-refractivity contribution is 7.89. The molecule has 0 saturated heterocycles. The lowest BCUT2D eigenvalue weighted by atomic mass is 10.4. The quantitative estimate of drug-likeness (QED) is 0.786. The number of nitrogens with two attached hydrogens (primary N) is 1. The van der Waals surface area contributed by atoms with E-state index in [4.69, 9.17) is 5.73 Å². The molecule has 0 unspecified atom stereocenters. The number of hydrogen-bond donors (Lipinski definition) is 1. The SMILES string of the molecule is NCCn1cc(S(=O)(=O)N(CC2CC2)C2CC2)cn1. The summed E-state index contributed by atoms with van der Waals surface area (Å²) in [5, 5.41) is 4.06. The van der Waals surface area contributed by atoms with Gasteiger partial charge in [-0.05, 0) is 31.6 Å². The van der Waals surface area contributed by atoms with Crippen LogP contribution in [0.2, 0.25) is 0 Å². The first-order valence-corrected chi connectivity index (χ1v) is 8.29. The van der Waals surface area contributed by atoms with Gasteiger partial charge < -0.3 is 5.73 Å². The van der Waals surface area contributed by atoms with E-state index in [2.05, 4.69) is 5.10 Å². The Labute approximate surface area is 113 Å². The Hall–Kier alpha value is -0.920. The third-order valence-corrected chi connectivity index (χ3v) is 5.53. The second kappa shape index (κ2) is 4.88. The van der Waals surface area contributed by atoms with Gasteiger partial charge in [0.15, 0.2) is 0 Å². The first-order valence-electron chi connectivity index (χ1n) is 6.85. The molecule has 2 fully saturated rings. The van der Waals surface area contributed by atoms with E-state index in [1.807, 2.05) is 0 Å². The third-order valence-electron chi connectivity index (χ3n) is 3.66. The van der Waals surface area contributed by atoms with E-state index in [1.54, 1.807) is 15.2 Å². The van der Waals surface area contributed by atoms with E-state index in [0.717, 1.165) is 25.7 Å². The van der Waals surface area contributed by atoms with E-state index >= 15 is 0 Å². The van der Waals surface area contributed by atoms with Crippen molar-refractivity contribution in [2.45, 2.75) is 43.2 Å². The van der Waals surface area contributed by atoms with E-state index in [1.165, 1.54) is 6.20 Å². The van der Waals surface area contributed by atoms with Crippen molar-refractivity contribution < 1.29 is 8.42 Å². The highest BCUT2D eigenvalue weighted by Crippen LogP contribution is 2.37. The molecule has 0 atom stereocenters. The Bertz CT molecular complexity index is 546. The fourth-order valence-corrected chi connectivity index (χ4v) is 3.95. The van der Waals surface area contributed by atoms with Gasteiger partial charge in [-0.1, -0.05) is 0 Å². The topological polar surface area (TPSA) is 81.2 Å². The van der Waals surface area contributed by atoms with Gasteiger partial charge in [0.2, 0.25) is 10.0 Å². The maximum atomic E-state index is 12.6. The van der Waals surface area contributed by atoms with Crippen LogP contribution in [0.3, 0.4) is 0 Å². The largest absolute Gasteiger partial charge is 0.329 e. The molecule has 2 aliphatic carbocycles. The molecule has 0 aliphatic heterocycles. The van der Waals surface area contributed by atoms with E-state index in [0.29, 0.717) is 30.4 Å². The van der Waals surface area contributed by atoms with Crippen molar-refractivity contribution in [3.05, 3.63) is 12.4 Å². The predicted molar refractivity (Wildman–Crippen MR) is 70.9 cm³/mol. The highest BCUT2D eigenvalue weighted by Gasteiger charge is 2.41. The minimum Gasteiger partial charge on any atom is -0.329 e. The third kappa shape index (κ3) is 2.82. The molecule has 19 heavy (non-hydrogen) atoms. The zero-order chi connectivity index (χ0) is 13.5. The summed E-state index contributed by atoms with van der Waals surface area (Å²) in [5.74, 6) is 0.564. The standard InChI is InChI=1S/C12H20N4O2S/c13-5-6-15-9-12(7-14-15)19(17,18)16(11-3-4-11)8-10-1-2-10/h7,9-11H,1-6,8,13H2. The van der Waals surface area contributed by atoms with Gasteiger partial charge in [-0.3, -0.25) is 4.68 Å². The van der Waals surface area contributed by atoms with Gasteiger partial charge in [0, 0.05) is 25.3 Å². The smallest absolute Gasteiger partial charge is 0.246 e. The minimum absolute atomic E-state index is 0.212. The summed E-state index contributed by atoms with van der Waals surface area (Å²) < 4.78 is 28.6. The van der Waals surface area contributed by atoms with Crippen LogP contribution >= 0.6 is 0 Å². The number of rotatable bonds is 7. The molecule has 0 aromatic carbocycles. The molecule has 2 N–H and O–H groups in total. The molecule has 106 valence electrons. The van der Waals surface area contributed by atoms with E-state index in [-0.39, 0.29) is 6.04 Å². The van der Waals surface area contributed by atoms with E-state index in [9.17, 15) is 8.42 Å². The monoisotopic (exact) mass is 284 g/mol. The summed E-state index contributed by atoms with van der Waals surface area (Å²) in [6.07, 6.45) is 7.32. The zero-order valence-corrected chi connectivity index (χ0v) is 11.7. The molecule has 6 nitrogen and oxygen atoms in total. The fourth-order valence-electron chi connectivity index (χ4n) is 2.23. The molecule has 2 aliphatic rings. The fraction of sp³-hybridized carbons (Fsp3) is 0.750. The van der Waals surface area contributed by atoms with Crippen LogP contribution in [0.15, 0.2) is 17.3 Å². The van der Waals surface area contributed by atoms with Gasteiger partial charge in [-0.25, -0.2) is 8.42 Å². The lowest BCUT2D eigenvalue weighted by Crippen LogP contribution is -2.34. The first-order chi connectivity index (χ1) is 9.11. The first kappa shape index (κ1) is 13.1. The van der Waals surface area contributed by atoms with Gasteiger partial charge in [0.1, 0.15) is 4.90 Å². The van der Waals surface area contributed by atoms with Gasteiger partial charge in [-0.2, -0.15) is 9.40 Å². The average Bonchev–Trinajstić information content (AvgIpc) is 3.27. The Morgan fingerprint density at radius 1 is 1.37 bits per heavy atom. The summed E-state index contributed by atoms with van der Waals surface area (Å²) >= 11 is 0. The van der Waals surface area contributed by atoms with Gasteiger partial charge >= 0.3 is 0 Å². The molecule has 0 bridgehead atoms. The molecule has 0 amide bonds.